The van der Waals surface area contributed by atoms with Gasteiger partial charge in [0.15, 0.2) is 0 Å². The first-order chi connectivity index (χ1) is 28.8. The van der Waals surface area contributed by atoms with Gasteiger partial charge in [0.25, 0.3) is 5.69 Å². The number of esters is 2. The minimum Gasteiger partial charge on any atom is -0.494 e. The number of anilines is 1. The van der Waals surface area contributed by atoms with Gasteiger partial charge in [-0.3, -0.25) is 19.7 Å². The van der Waals surface area contributed by atoms with E-state index in [4.69, 9.17) is 18.9 Å². The Morgan fingerprint density at radius 2 is 1.15 bits per heavy atom. The molecule has 0 aliphatic rings. The van der Waals surface area contributed by atoms with Gasteiger partial charge in [0.05, 0.1) is 54.5 Å². The summed E-state index contributed by atoms with van der Waals surface area (Å²) in [6.45, 7) is 13.5. The minimum absolute atomic E-state index is 0.0413. The van der Waals surface area contributed by atoms with Crippen molar-refractivity contribution >= 4 is 46.1 Å². The maximum atomic E-state index is 13.3. The third-order valence-corrected chi connectivity index (χ3v) is 10.7. The molecule has 0 amide bonds. The van der Waals surface area contributed by atoms with Crippen molar-refractivity contribution in [3.63, 3.8) is 0 Å². The smallest absolute Gasteiger partial charge is 0.311 e. The molecule has 14 nitrogen and oxygen atoms in total. The van der Waals surface area contributed by atoms with E-state index in [-0.39, 0.29) is 24.2 Å². The molecule has 3 aromatic rings. The molecule has 1 atom stereocenters. The molecular weight excluding hydrogens is 765 g/mol. The van der Waals surface area contributed by atoms with Gasteiger partial charge in [-0.15, -0.1) is 10.2 Å². The van der Waals surface area contributed by atoms with E-state index in [2.05, 4.69) is 32.3 Å². The largest absolute Gasteiger partial charge is 0.494 e. The van der Waals surface area contributed by atoms with Crippen LogP contribution in [0.25, 0.3) is 0 Å². The summed E-state index contributed by atoms with van der Waals surface area (Å²) in [5.74, 6) is 0.177. The zero-order valence-electron chi connectivity index (χ0n) is 37.0. The van der Waals surface area contributed by atoms with E-state index < -0.39 is 15.8 Å². The molecular formula is C46H66N6O8. The molecule has 1 unspecified atom stereocenters. The fourth-order valence-corrected chi connectivity index (χ4v) is 6.85. The molecule has 0 heterocycles. The number of carbonyl (C=O) groups excluding carboxylic acids is 2. The lowest BCUT2D eigenvalue weighted by molar-refractivity contribution is -0.384. The second-order valence-corrected chi connectivity index (χ2v) is 15.9. The number of nitrogens with zero attached hydrogens (tertiary/aromatic N) is 6. The topological polar surface area (TPSA) is 167 Å². The number of hydrogen-bond donors (Lipinski definition) is 0. The first kappa shape index (κ1) is 49.0. The number of ether oxygens (including phenoxy) is 4. The number of carbonyl (C=O) groups is 2. The van der Waals surface area contributed by atoms with Crippen molar-refractivity contribution in [3.8, 4) is 11.5 Å². The first-order valence-electron chi connectivity index (χ1n) is 21.3. The minimum atomic E-state index is -0.878. The van der Waals surface area contributed by atoms with Crippen molar-refractivity contribution in [2.75, 3.05) is 45.4 Å². The molecule has 3 aromatic carbocycles. The molecule has 14 heteroatoms. The monoisotopic (exact) mass is 830 g/mol. The lowest BCUT2D eigenvalue weighted by Gasteiger charge is -2.34. The third kappa shape index (κ3) is 15.6. The number of rotatable bonds is 28. The highest BCUT2D eigenvalue weighted by atomic mass is 16.6. The van der Waals surface area contributed by atoms with Gasteiger partial charge in [-0.05, 0) is 83.4 Å². The van der Waals surface area contributed by atoms with Crippen LogP contribution in [0, 0.1) is 20.9 Å². The van der Waals surface area contributed by atoms with Gasteiger partial charge in [-0.25, -0.2) is 0 Å². The van der Waals surface area contributed by atoms with E-state index >= 15 is 0 Å². The number of benzene rings is 3. The molecule has 0 saturated heterocycles. The number of azo groups is 2. The second kappa shape index (κ2) is 25.3. The van der Waals surface area contributed by atoms with E-state index in [9.17, 15) is 19.7 Å². The van der Waals surface area contributed by atoms with Crippen LogP contribution in [0.3, 0.4) is 0 Å². The van der Waals surface area contributed by atoms with Gasteiger partial charge in [-0.2, -0.15) is 10.2 Å². The van der Waals surface area contributed by atoms with Crippen LogP contribution in [-0.2, 0) is 19.1 Å². The standard InChI is InChI=1S/C46H66N6O8/c1-9-12-13-14-15-16-17-18-19-20-30-59-44(54)46(6,10-2)34-45(4,5)43(53)60-31-29-51(11-3)37-25-21-35(22-26-37)47-49-39-32-42(58-8)40(33-41(39)57-7)50-48-36-23-27-38(28-24-36)52(55)56/h21-28,32-33H,9-20,29-31,34H2,1-8H3. The molecule has 0 saturated carbocycles. The quantitative estimate of drug-likeness (QED) is 0.0227. The SMILES string of the molecule is CCCCCCCCCCCCOC(=O)C(C)(CC)CC(C)(C)C(=O)OCCN(CC)c1ccc(N=Nc2cc(OC)c(N=Nc3ccc([N+](=O)[O-])cc3)cc2OC)cc1. The van der Waals surface area contributed by atoms with Crippen molar-refractivity contribution in [3.05, 3.63) is 70.8 Å². The Hall–Kier alpha value is -5.40. The van der Waals surface area contributed by atoms with Gasteiger partial charge >= 0.3 is 11.9 Å². The molecule has 0 spiro atoms. The summed E-state index contributed by atoms with van der Waals surface area (Å²) in [6.07, 6.45) is 13.1. The average molecular weight is 831 g/mol. The molecule has 328 valence electrons. The Balaban J connectivity index is 1.51. The van der Waals surface area contributed by atoms with E-state index in [0.29, 0.717) is 66.8 Å². The Labute approximate surface area is 356 Å². The van der Waals surface area contributed by atoms with Crippen molar-refractivity contribution < 1.29 is 33.5 Å². The molecule has 0 fully saturated rings. The number of nitro benzene ring substituents is 1. The van der Waals surface area contributed by atoms with Crippen LogP contribution in [0.1, 0.15) is 119 Å². The van der Waals surface area contributed by atoms with Crippen molar-refractivity contribution in [2.24, 2.45) is 31.3 Å². The molecule has 60 heavy (non-hydrogen) atoms. The second-order valence-electron chi connectivity index (χ2n) is 15.9. The maximum absolute atomic E-state index is 13.3. The predicted octanol–water partition coefficient (Wildman–Crippen LogP) is 13.1. The highest BCUT2D eigenvalue weighted by Gasteiger charge is 2.43. The summed E-state index contributed by atoms with van der Waals surface area (Å²) in [5, 5.41) is 28.1. The van der Waals surface area contributed by atoms with Crippen LogP contribution in [0.15, 0.2) is 81.1 Å². The highest BCUT2D eigenvalue weighted by Crippen LogP contribution is 2.41. The number of likely N-dealkylation sites (N-methyl/N-ethyl adjacent to an activating group) is 1. The fraction of sp³-hybridized carbons (Fsp3) is 0.565. The van der Waals surface area contributed by atoms with Crippen molar-refractivity contribution in [2.45, 2.75) is 119 Å². The number of nitro groups is 1. The van der Waals surface area contributed by atoms with E-state index in [1.165, 1.54) is 89.9 Å². The third-order valence-electron chi connectivity index (χ3n) is 10.7. The summed E-state index contributed by atoms with van der Waals surface area (Å²) < 4.78 is 22.6. The van der Waals surface area contributed by atoms with Gasteiger partial charge in [0, 0.05) is 36.5 Å². The Kier molecular flexibility index (Phi) is 20.6. The summed E-state index contributed by atoms with van der Waals surface area (Å²) in [7, 11) is 3.00. The molecule has 0 N–H and O–H groups in total. The lowest BCUT2D eigenvalue weighted by atomic mass is 9.72. The van der Waals surface area contributed by atoms with Gasteiger partial charge in [0.1, 0.15) is 29.5 Å². The van der Waals surface area contributed by atoms with Crippen LogP contribution in [0.2, 0.25) is 0 Å². The maximum Gasteiger partial charge on any atom is 0.311 e. The predicted molar refractivity (Wildman–Crippen MR) is 236 cm³/mol. The van der Waals surface area contributed by atoms with Crippen molar-refractivity contribution in [1.29, 1.82) is 0 Å². The van der Waals surface area contributed by atoms with Crippen LogP contribution < -0.4 is 14.4 Å². The van der Waals surface area contributed by atoms with Crippen LogP contribution in [0.5, 0.6) is 11.5 Å². The van der Waals surface area contributed by atoms with Gasteiger partial charge in [-0.1, -0.05) is 71.6 Å². The zero-order chi connectivity index (χ0) is 44.0. The number of methoxy groups -OCH3 is 2. The molecule has 3 rings (SSSR count). The highest BCUT2D eigenvalue weighted by molar-refractivity contribution is 5.80. The average Bonchev–Trinajstić information content (AvgIpc) is 3.25. The van der Waals surface area contributed by atoms with Crippen LogP contribution in [0.4, 0.5) is 34.1 Å². The van der Waals surface area contributed by atoms with Crippen LogP contribution >= 0.6 is 0 Å². The van der Waals surface area contributed by atoms with Gasteiger partial charge in [0.2, 0.25) is 0 Å². The summed E-state index contributed by atoms with van der Waals surface area (Å²) in [4.78, 5) is 39.1. The molecule has 0 bridgehead atoms. The number of non-ortho nitro benzene ring substituents is 1. The zero-order valence-corrected chi connectivity index (χ0v) is 37.0. The van der Waals surface area contributed by atoms with E-state index in [0.717, 1.165) is 18.5 Å². The normalized spacial score (nSPS) is 12.7. The summed E-state index contributed by atoms with van der Waals surface area (Å²) in [5.41, 5.74) is 1.04. The summed E-state index contributed by atoms with van der Waals surface area (Å²) >= 11 is 0. The fourth-order valence-electron chi connectivity index (χ4n) is 6.85. The van der Waals surface area contributed by atoms with E-state index in [1.54, 1.807) is 12.1 Å². The molecule has 0 radical (unpaired) electrons. The number of unbranched alkanes of at least 4 members (excludes halogenated alkanes) is 9. The Morgan fingerprint density at radius 1 is 0.667 bits per heavy atom. The van der Waals surface area contributed by atoms with E-state index in [1.807, 2.05) is 58.9 Å². The molecule has 0 aliphatic carbocycles. The Bertz CT molecular complexity index is 1850. The van der Waals surface area contributed by atoms with Crippen molar-refractivity contribution in [1.82, 2.24) is 0 Å². The molecule has 0 aromatic heterocycles. The van der Waals surface area contributed by atoms with Crippen LogP contribution in [-0.4, -0.2) is 57.4 Å². The van der Waals surface area contributed by atoms with Gasteiger partial charge < -0.3 is 23.8 Å². The number of hydrogen-bond acceptors (Lipinski definition) is 13. The molecule has 0 aliphatic heterocycles. The lowest BCUT2D eigenvalue weighted by Crippen LogP contribution is -2.39. The first-order valence-corrected chi connectivity index (χ1v) is 21.3. The summed E-state index contributed by atoms with van der Waals surface area (Å²) in [6, 6.07) is 16.5. The Morgan fingerprint density at radius 3 is 1.62 bits per heavy atom.